The average molecular weight is 345 g/mol. The number of ether oxygens (including phenoxy) is 1. The van der Waals surface area contributed by atoms with Gasteiger partial charge in [0.1, 0.15) is 5.75 Å². The highest BCUT2D eigenvalue weighted by Gasteiger charge is 2.16. The fraction of sp³-hybridized carbons (Fsp3) is 0.444. The van der Waals surface area contributed by atoms with Gasteiger partial charge in [0.05, 0.1) is 12.3 Å². The SMILES string of the molecule is CCOc1ccc(-c2csc(NC(=O)NC3CCCCC3)n2)cc1. The summed E-state index contributed by atoms with van der Waals surface area (Å²) in [6, 6.07) is 7.96. The molecule has 1 heterocycles. The molecule has 0 radical (unpaired) electrons. The molecule has 1 aromatic heterocycles. The van der Waals surface area contributed by atoms with Crippen LogP contribution in [0, 0.1) is 0 Å². The van der Waals surface area contributed by atoms with Gasteiger partial charge in [0.15, 0.2) is 5.13 Å². The number of amides is 2. The molecule has 2 amide bonds. The Morgan fingerprint density at radius 2 is 2.00 bits per heavy atom. The van der Waals surface area contributed by atoms with Crippen molar-refractivity contribution in [3.8, 4) is 17.0 Å². The van der Waals surface area contributed by atoms with Crippen LogP contribution in [-0.4, -0.2) is 23.7 Å². The predicted molar refractivity (Wildman–Crippen MR) is 97.7 cm³/mol. The molecule has 2 N–H and O–H groups in total. The monoisotopic (exact) mass is 345 g/mol. The number of rotatable bonds is 5. The Morgan fingerprint density at radius 1 is 1.25 bits per heavy atom. The van der Waals surface area contributed by atoms with Crippen LogP contribution in [0.2, 0.25) is 0 Å². The van der Waals surface area contributed by atoms with E-state index in [2.05, 4.69) is 15.6 Å². The molecule has 0 aliphatic heterocycles. The van der Waals surface area contributed by atoms with Crippen molar-refractivity contribution in [2.75, 3.05) is 11.9 Å². The van der Waals surface area contributed by atoms with Gasteiger partial charge in [-0.2, -0.15) is 0 Å². The fourth-order valence-corrected chi connectivity index (χ4v) is 3.63. The van der Waals surface area contributed by atoms with E-state index in [9.17, 15) is 4.79 Å². The van der Waals surface area contributed by atoms with Crippen LogP contribution in [0.15, 0.2) is 29.6 Å². The predicted octanol–water partition coefficient (Wildman–Crippen LogP) is 4.66. The summed E-state index contributed by atoms with van der Waals surface area (Å²) >= 11 is 1.43. The Hall–Kier alpha value is -2.08. The van der Waals surface area contributed by atoms with E-state index in [1.807, 2.05) is 36.6 Å². The highest BCUT2D eigenvalue weighted by Crippen LogP contribution is 2.26. The Balaban J connectivity index is 1.57. The molecule has 6 heteroatoms. The van der Waals surface area contributed by atoms with Gasteiger partial charge in [0, 0.05) is 17.0 Å². The molecule has 1 fully saturated rings. The van der Waals surface area contributed by atoms with Crippen LogP contribution in [0.1, 0.15) is 39.0 Å². The fourth-order valence-electron chi connectivity index (χ4n) is 2.92. The van der Waals surface area contributed by atoms with Crippen molar-refractivity contribution >= 4 is 22.5 Å². The van der Waals surface area contributed by atoms with Gasteiger partial charge < -0.3 is 10.1 Å². The average Bonchev–Trinajstić information content (AvgIpc) is 3.05. The van der Waals surface area contributed by atoms with Crippen LogP contribution in [0.25, 0.3) is 11.3 Å². The van der Waals surface area contributed by atoms with E-state index in [1.54, 1.807) is 0 Å². The summed E-state index contributed by atoms with van der Waals surface area (Å²) in [5.74, 6) is 0.849. The number of carbonyl (C=O) groups is 1. The Bertz CT molecular complexity index is 663. The first kappa shape index (κ1) is 16.8. The van der Waals surface area contributed by atoms with Crippen LogP contribution in [0.5, 0.6) is 5.75 Å². The van der Waals surface area contributed by atoms with Crippen LogP contribution >= 0.6 is 11.3 Å². The quantitative estimate of drug-likeness (QED) is 0.828. The highest BCUT2D eigenvalue weighted by atomic mass is 32.1. The van der Waals surface area contributed by atoms with Crippen molar-refractivity contribution in [3.05, 3.63) is 29.6 Å². The first-order chi connectivity index (χ1) is 11.7. The number of nitrogens with one attached hydrogen (secondary N) is 2. The molecule has 1 aromatic carbocycles. The molecule has 0 atom stereocenters. The second-order valence-electron chi connectivity index (χ2n) is 5.93. The van der Waals surface area contributed by atoms with E-state index in [1.165, 1.54) is 30.6 Å². The van der Waals surface area contributed by atoms with E-state index in [-0.39, 0.29) is 6.03 Å². The summed E-state index contributed by atoms with van der Waals surface area (Å²) in [5.41, 5.74) is 1.87. The molecule has 5 nitrogen and oxygen atoms in total. The standard InChI is InChI=1S/C18H23N3O2S/c1-2-23-15-10-8-13(9-11-15)16-12-24-18(20-16)21-17(22)19-14-6-4-3-5-7-14/h8-12,14H,2-7H2,1H3,(H2,19,20,21,22). The third kappa shape index (κ3) is 4.47. The Labute approximate surface area is 146 Å². The zero-order valence-corrected chi connectivity index (χ0v) is 14.7. The summed E-state index contributed by atoms with van der Waals surface area (Å²) in [6.07, 6.45) is 5.82. The van der Waals surface area contributed by atoms with Crippen molar-refractivity contribution in [2.24, 2.45) is 0 Å². The molecule has 0 bridgehead atoms. The molecule has 24 heavy (non-hydrogen) atoms. The van der Waals surface area contributed by atoms with Crippen molar-refractivity contribution in [3.63, 3.8) is 0 Å². The van der Waals surface area contributed by atoms with Crippen molar-refractivity contribution in [2.45, 2.75) is 45.1 Å². The molecule has 3 rings (SSSR count). The normalized spacial score (nSPS) is 15.0. The van der Waals surface area contributed by atoms with Gasteiger partial charge in [-0.1, -0.05) is 19.3 Å². The third-order valence-electron chi connectivity index (χ3n) is 4.13. The van der Waals surface area contributed by atoms with Gasteiger partial charge in [-0.3, -0.25) is 5.32 Å². The largest absolute Gasteiger partial charge is 0.494 e. The number of hydrogen-bond acceptors (Lipinski definition) is 4. The molecule has 128 valence electrons. The van der Waals surface area contributed by atoms with Crippen molar-refractivity contribution < 1.29 is 9.53 Å². The lowest BCUT2D eigenvalue weighted by Gasteiger charge is -2.22. The molecule has 0 spiro atoms. The van der Waals surface area contributed by atoms with Crippen LogP contribution in [-0.2, 0) is 0 Å². The molecule has 2 aromatic rings. The zero-order chi connectivity index (χ0) is 16.8. The minimum absolute atomic E-state index is 0.158. The van der Waals surface area contributed by atoms with E-state index in [0.717, 1.165) is 29.8 Å². The topological polar surface area (TPSA) is 63.2 Å². The number of aromatic nitrogens is 1. The second kappa shape index (κ2) is 8.15. The molecule has 0 unspecified atom stereocenters. The lowest BCUT2D eigenvalue weighted by molar-refractivity contribution is 0.244. The van der Waals surface area contributed by atoms with E-state index < -0.39 is 0 Å². The second-order valence-corrected chi connectivity index (χ2v) is 6.79. The van der Waals surface area contributed by atoms with Crippen LogP contribution in [0.4, 0.5) is 9.93 Å². The van der Waals surface area contributed by atoms with Crippen molar-refractivity contribution in [1.29, 1.82) is 0 Å². The number of urea groups is 1. The molecule has 0 saturated heterocycles. The lowest BCUT2D eigenvalue weighted by Crippen LogP contribution is -2.38. The summed E-state index contributed by atoms with van der Waals surface area (Å²) in [6.45, 7) is 2.62. The first-order valence-corrected chi connectivity index (χ1v) is 9.39. The first-order valence-electron chi connectivity index (χ1n) is 8.51. The van der Waals surface area contributed by atoms with E-state index in [0.29, 0.717) is 17.8 Å². The number of thiazole rings is 1. The highest BCUT2D eigenvalue weighted by molar-refractivity contribution is 7.14. The number of nitrogens with zero attached hydrogens (tertiary/aromatic N) is 1. The van der Waals surface area contributed by atoms with Crippen molar-refractivity contribution in [1.82, 2.24) is 10.3 Å². The lowest BCUT2D eigenvalue weighted by atomic mass is 9.96. The summed E-state index contributed by atoms with van der Waals surface area (Å²) < 4.78 is 5.44. The molecule has 1 saturated carbocycles. The Morgan fingerprint density at radius 3 is 2.71 bits per heavy atom. The van der Waals surface area contributed by atoms with Gasteiger partial charge in [-0.05, 0) is 44.0 Å². The van der Waals surface area contributed by atoms with E-state index in [4.69, 9.17) is 4.74 Å². The smallest absolute Gasteiger partial charge is 0.321 e. The van der Waals surface area contributed by atoms with E-state index >= 15 is 0 Å². The van der Waals surface area contributed by atoms with Gasteiger partial charge in [-0.25, -0.2) is 9.78 Å². The number of carbonyl (C=O) groups excluding carboxylic acids is 1. The van der Waals surface area contributed by atoms with Gasteiger partial charge in [0.25, 0.3) is 0 Å². The molecular formula is C18H23N3O2S. The summed E-state index contributed by atoms with van der Waals surface area (Å²) in [5, 5.41) is 8.45. The summed E-state index contributed by atoms with van der Waals surface area (Å²) in [7, 11) is 0. The number of anilines is 1. The number of hydrogen-bond donors (Lipinski definition) is 2. The van der Waals surface area contributed by atoms with Gasteiger partial charge >= 0.3 is 6.03 Å². The van der Waals surface area contributed by atoms with Gasteiger partial charge in [0.2, 0.25) is 0 Å². The maximum Gasteiger partial charge on any atom is 0.321 e. The molecular weight excluding hydrogens is 322 g/mol. The van der Waals surface area contributed by atoms with Crippen LogP contribution < -0.4 is 15.4 Å². The maximum absolute atomic E-state index is 12.1. The number of benzene rings is 1. The third-order valence-corrected chi connectivity index (χ3v) is 4.88. The minimum Gasteiger partial charge on any atom is -0.494 e. The zero-order valence-electron chi connectivity index (χ0n) is 13.9. The summed E-state index contributed by atoms with van der Waals surface area (Å²) in [4.78, 5) is 16.6. The molecule has 1 aliphatic carbocycles. The molecule has 1 aliphatic rings. The Kier molecular flexibility index (Phi) is 5.69. The minimum atomic E-state index is -0.158. The van der Waals surface area contributed by atoms with Crippen LogP contribution in [0.3, 0.4) is 0 Å². The van der Waals surface area contributed by atoms with Gasteiger partial charge in [-0.15, -0.1) is 11.3 Å². The maximum atomic E-state index is 12.1.